The van der Waals surface area contributed by atoms with Gasteiger partial charge in [0.1, 0.15) is 23.2 Å². The van der Waals surface area contributed by atoms with Crippen molar-refractivity contribution in [3.63, 3.8) is 0 Å². The molecule has 120 valence electrons. The van der Waals surface area contributed by atoms with Crippen molar-refractivity contribution in [2.45, 2.75) is 0 Å². The number of pyridine rings is 1. The van der Waals surface area contributed by atoms with Crippen LogP contribution in [0.25, 0.3) is 11.3 Å². The molecule has 0 bridgehead atoms. The van der Waals surface area contributed by atoms with Gasteiger partial charge in [-0.1, -0.05) is 0 Å². The number of hydrogen-bond donors (Lipinski definition) is 1. The Labute approximate surface area is 135 Å². The highest BCUT2D eigenvalue weighted by Gasteiger charge is 2.10. The molecule has 2 aromatic heterocycles. The highest BCUT2D eigenvalue weighted by atomic mass is 19.1. The number of hydrogen-bond acceptors (Lipinski definition) is 4. The van der Waals surface area contributed by atoms with Crippen molar-refractivity contribution in [3.8, 4) is 11.3 Å². The van der Waals surface area contributed by atoms with E-state index in [0.717, 1.165) is 12.1 Å². The Morgan fingerprint density at radius 1 is 1.21 bits per heavy atom. The third-order valence-corrected chi connectivity index (χ3v) is 3.10. The van der Waals surface area contributed by atoms with Gasteiger partial charge in [-0.25, -0.2) is 14.2 Å². The number of halogens is 2. The monoisotopic (exact) mass is 327 g/mol. The van der Waals surface area contributed by atoms with E-state index >= 15 is 0 Å². The lowest BCUT2D eigenvalue weighted by atomic mass is 10.1. The highest BCUT2D eigenvalue weighted by Crippen LogP contribution is 2.25. The molecule has 0 unspecified atom stereocenters. The summed E-state index contributed by atoms with van der Waals surface area (Å²) in [5.41, 5.74) is 2.82. The van der Waals surface area contributed by atoms with Crippen molar-refractivity contribution in [2.24, 2.45) is 5.10 Å². The third-order valence-electron chi connectivity index (χ3n) is 3.10. The molecule has 0 fully saturated rings. The molecule has 24 heavy (non-hydrogen) atoms. The Balaban J connectivity index is 1.69. The van der Waals surface area contributed by atoms with Gasteiger partial charge in [-0.2, -0.15) is 5.10 Å². The van der Waals surface area contributed by atoms with Gasteiger partial charge in [0.25, 0.3) is 5.91 Å². The van der Waals surface area contributed by atoms with Crippen molar-refractivity contribution >= 4 is 12.1 Å². The molecule has 0 saturated carbocycles. The molecule has 0 aliphatic heterocycles. The van der Waals surface area contributed by atoms with E-state index in [1.165, 1.54) is 24.5 Å². The normalized spacial score (nSPS) is 10.9. The van der Waals surface area contributed by atoms with Crippen LogP contribution in [0, 0.1) is 11.6 Å². The van der Waals surface area contributed by atoms with Gasteiger partial charge in [-0.05, 0) is 36.4 Å². The lowest BCUT2D eigenvalue weighted by molar-refractivity contribution is 0.0954. The molecule has 0 atom stereocenters. The topological polar surface area (TPSA) is 67.5 Å². The predicted octanol–water partition coefficient (Wildman–Crippen LogP) is 3.38. The average Bonchev–Trinajstić information content (AvgIpc) is 3.04. The van der Waals surface area contributed by atoms with Crippen LogP contribution in [-0.4, -0.2) is 17.1 Å². The number of rotatable bonds is 4. The van der Waals surface area contributed by atoms with E-state index < -0.39 is 17.5 Å². The van der Waals surface area contributed by atoms with Gasteiger partial charge in [-0.15, -0.1) is 0 Å². The molecule has 0 aliphatic rings. The van der Waals surface area contributed by atoms with E-state index in [9.17, 15) is 13.6 Å². The molecule has 3 rings (SSSR count). The fourth-order valence-corrected chi connectivity index (χ4v) is 1.97. The molecule has 1 N–H and O–H groups in total. The first-order chi connectivity index (χ1) is 11.6. The molecule has 5 nitrogen and oxygen atoms in total. The lowest BCUT2D eigenvalue weighted by Crippen LogP contribution is -2.17. The summed E-state index contributed by atoms with van der Waals surface area (Å²) in [5, 5.41) is 3.76. The molecular formula is C17H11F2N3O2. The number of amides is 1. The minimum atomic E-state index is -0.724. The summed E-state index contributed by atoms with van der Waals surface area (Å²) in [7, 11) is 0. The second-order valence-corrected chi connectivity index (χ2v) is 4.77. The highest BCUT2D eigenvalue weighted by molar-refractivity contribution is 5.94. The van der Waals surface area contributed by atoms with Crippen LogP contribution in [0.4, 0.5) is 8.78 Å². The number of nitrogens with one attached hydrogen (secondary N) is 1. The van der Waals surface area contributed by atoms with Gasteiger partial charge < -0.3 is 4.42 Å². The summed E-state index contributed by atoms with van der Waals surface area (Å²) < 4.78 is 32.0. The number of benzene rings is 1. The van der Waals surface area contributed by atoms with E-state index in [0.29, 0.717) is 11.3 Å². The number of aromatic nitrogens is 1. The van der Waals surface area contributed by atoms with Gasteiger partial charge in [0.05, 0.1) is 17.3 Å². The van der Waals surface area contributed by atoms with Gasteiger partial charge >= 0.3 is 0 Å². The van der Waals surface area contributed by atoms with Crippen molar-refractivity contribution in [2.75, 3.05) is 0 Å². The Morgan fingerprint density at radius 3 is 2.83 bits per heavy atom. The first-order valence-corrected chi connectivity index (χ1v) is 6.92. The van der Waals surface area contributed by atoms with E-state index in [1.807, 2.05) is 0 Å². The fourth-order valence-electron chi connectivity index (χ4n) is 1.97. The SMILES string of the molecule is O=C(N/N=C\c1ccc(-c2ccc(F)cc2F)o1)c1cccnc1. The van der Waals surface area contributed by atoms with Crippen LogP contribution in [0.1, 0.15) is 16.1 Å². The summed E-state index contributed by atoms with van der Waals surface area (Å²) in [6, 6.07) is 9.52. The summed E-state index contributed by atoms with van der Waals surface area (Å²) in [6.45, 7) is 0. The van der Waals surface area contributed by atoms with Crippen LogP contribution in [0.15, 0.2) is 64.4 Å². The molecule has 3 aromatic rings. The van der Waals surface area contributed by atoms with Crippen LogP contribution in [0.2, 0.25) is 0 Å². The van der Waals surface area contributed by atoms with E-state index in [-0.39, 0.29) is 11.3 Å². The summed E-state index contributed by atoms with van der Waals surface area (Å²) in [5.74, 6) is -1.27. The van der Waals surface area contributed by atoms with Crippen LogP contribution in [0.3, 0.4) is 0 Å². The number of carbonyl (C=O) groups excluding carboxylic acids is 1. The molecule has 0 saturated heterocycles. The molecule has 7 heteroatoms. The zero-order valence-corrected chi connectivity index (χ0v) is 12.2. The Morgan fingerprint density at radius 2 is 2.08 bits per heavy atom. The van der Waals surface area contributed by atoms with E-state index in [4.69, 9.17) is 4.42 Å². The average molecular weight is 327 g/mol. The third kappa shape index (κ3) is 3.52. The minimum Gasteiger partial charge on any atom is -0.455 e. The van der Waals surface area contributed by atoms with Crippen LogP contribution >= 0.6 is 0 Å². The summed E-state index contributed by atoms with van der Waals surface area (Å²) in [4.78, 5) is 15.6. The first-order valence-electron chi connectivity index (χ1n) is 6.92. The summed E-state index contributed by atoms with van der Waals surface area (Å²) >= 11 is 0. The largest absolute Gasteiger partial charge is 0.455 e. The lowest BCUT2D eigenvalue weighted by Gasteiger charge is -1.99. The quantitative estimate of drug-likeness (QED) is 0.590. The molecule has 0 radical (unpaired) electrons. The van der Waals surface area contributed by atoms with Crippen molar-refractivity contribution in [1.82, 2.24) is 10.4 Å². The van der Waals surface area contributed by atoms with Crippen LogP contribution < -0.4 is 5.43 Å². The number of nitrogens with zero attached hydrogens (tertiary/aromatic N) is 2. The maximum absolute atomic E-state index is 13.7. The van der Waals surface area contributed by atoms with Crippen molar-refractivity contribution < 1.29 is 18.0 Å². The number of furan rings is 1. The minimum absolute atomic E-state index is 0.135. The maximum Gasteiger partial charge on any atom is 0.272 e. The van der Waals surface area contributed by atoms with E-state index in [1.54, 1.807) is 24.4 Å². The van der Waals surface area contributed by atoms with Crippen molar-refractivity contribution in [3.05, 3.63) is 77.8 Å². The fraction of sp³-hybridized carbons (Fsp3) is 0. The zero-order chi connectivity index (χ0) is 16.9. The smallest absolute Gasteiger partial charge is 0.272 e. The first kappa shape index (κ1) is 15.5. The second-order valence-electron chi connectivity index (χ2n) is 4.77. The molecule has 1 amide bonds. The van der Waals surface area contributed by atoms with Gasteiger partial charge in [0.15, 0.2) is 0 Å². The van der Waals surface area contributed by atoms with Crippen LogP contribution in [0.5, 0.6) is 0 Å². The summed E-state index contributed by atoms with van der Waals surface area (Å²) in [6.07, 6.45) is 4.24. The molecular weight excluding hydrogens is 316 g/mol. The Bertz CT molecular complexity index is 892. The molecule has 0 aliphatic carbocycles. The maximum atomic E-state index is 13.7. The van der Waals surface area contributed by atoms with Gasteiger partial charge in [0.2, 0.25) is 0 Å². The Kier molecular flexibility index (Phi) is 4.42. The second kappa shape index (κ2) is 6.82. The number of hydrazone groups is 1. The van der Waals surface area contributed by atoms with Crippen molar-refractivity contribution in [1.29, 1.82) is 0 Å². The molecule has 2 heterocycles. The van der Waals surface area contributed by atoms with Gasteiger partial charge in [0, 0.05) is 18.5 Å². The predicted molar refractivity (Wildman–Crippen MR) is 83.4 cm³/mol. The van der Waals surface area contributed by atoms with Gasteiger partial charge in [-0.3, -0.25) is 9.78 Å². The van der Waals surface area contributed by atoms with E-state index in [2.05, 4.69) is 15.5 Å². The number of carbonyl (C=O) groups is 1. The zero-order valence-electron chi connectivity index (χ0n) is 12.2. The van der Waals surface area contributed by atoms with Crippen LogP contribution in [-0.2, 0) is 0 Å². The Hall–Kier alpha value is -3.35. The molecule has 1 aromatic carbocycles. The molecule has 0 spiro atoms. The standard InChI is InChI=1S/C17H11F2N3O2/c18-12-3-5-14(15(19)8-12)16-6-4-13(24-16)10-21-22-17(23)11-2-1-7-20-9-11/h1-10H,(H,22,23)/b21-10-.